The molecule has 0 aromatic heterocycles. The number of rotatable bonds is 2. The quantitative estimate of drug-likeness (QED) is 0.587. The maximum Gasteiger partial charge on any atom is 0.0132 e. The molecule has 0 N–H and O–H groups in total. The molecule has 0 saturated carbocycles. The first kappa shape index (κ1) is 10.2. The fourth-order valence-electron chi connectivity index (χ4n) is 1.76. The van der Waals surface area contributed by atoms with E-state index in [2.05, 4.69) is 33.1 Å². The van der Waals surface area contributed by atoms with Crippen LogP contribution >= 0.6 is 11.8 Å². The van der Waals surface area contributed by atoms with E-state index in [9.17, 15) is 0 Å². The van der Waals surface area contributed by atoms with E-state index in [0.29, 0.717) is 4.75 Å². The standard InChI is InChI=1S/C11H20S/c1-9-5-7-10(8-6-9)11(2,3)12-4/h5,10H,6-8H2,1-4H3. The van der Waals surface area contributed by atoms with Crippen molar-refractivity contribution < 1.29 is 0 Å². The molecule has 0 aromatic rings. The molecule has 1 aliphatic carbocycles. The molecule has 0 nitrogen and oxygen atoms in total. The average Bonchev–Trinajstić information content (AvgIpc) is 2.05. The lowest BCUT2D eigenvalue weighted by Crippen LogP contribution is -2.28. The normalized spacial score (nSPS) is 25.3. The summed E-state index contributed by atoms with van der Waals surface area (Å²) in [5.41, 5.74) is 1.59. The predicted molar refractivity (Wildman–Crippen MR) is 58.7 cm³/mol. The van der Waals surface area contributed by atoms with Gasteiger partial charge in [-0.25, -0.2) is 0 Å². The second kappa shape index (κ2) is 3.87. The summed E-state index contributed by atoms with van der Waals surface area (Å²) < 4.78 is 0.469. The van der Waals surface area contributed by atoms with Gasteiger partial charge in [0.2, 0.25) is 0 Å². The molecular formula is C11H20S. The molecule has 0 amide bonds. The Labute approximate surface area is 80.8 Å². The van der Waals surface area contributed by atoms with Gasteiger partial charge in [-0.2, -0.15) is 11.8 Å². The molecule has 0 bridgehead atoms. The maximum atomic E-state index is 2.42. The summed E-state index contributed by atoms with van der Waals surface area (Å²) in [5, 5.41) is 0. The molecule has 0 heterocycles. The van der Waals surface area contributed by atoms with E-state index in [1.165, 1.54) is 19.3 Å². The Morgan fingerprint density at radius 2 is 2.17 bits per heavy atom. The lowest BCUT2D eigenvalue weighted by molar-refractivity contribution is 0.385. The molecule has 0 saturated heterocycles. The summed E-state index contributed by atoms with van der Waals surface area (Å²) in [6, 6.07) is 0. The second-order valence-corrected chi connectivity index (χ2v) is 5.79. The highest BCUT2D eigenvalue weighted by atomic mass is 32.2. The van der Waals surface area contributed by atoms with Crippen LogP contribution in [0.3, 0.4) is 0 Å². The molecule has 12 heavy (non-hydrogen) atoms. The highest BCUT2D eigenvalue weighted by molar-refractivity contribution is 7.99. The summed E-state index contributed by atoms with van der Waals surface area (Å²) >= 11 is 2.01. The van der Waals surface area contributed by atoms with E-state index in [1.54, 1.807) is 5.57 Å². The molecule has 1 atom stereocenters. The third kappa shape index (κ3) is 2.29. The first-order chi connectivity index (χ1) is 5.56. The number of hydrogen-bond acceptors (Lipinski definition) is 1. The van der Waals surface area contributed by atoms with E-state index < -0.39 is 0 Å². The first-order valence-electron chi connectivity index (χ1n) is 4.77. The van der Waals surface area contributed by atoms with Gasteiger partial charge in [0.15, 0.2) is 0 Å². The van der Waals surface area contributed by atoms with Gasteiger partial charge in [-0.05, 0) is 38.4 Å². The number of allylic oxidation sites excluding steroid dienone is 2. The van der Waals surface area contributed by atoms with Gasteiger partial charge in [0.1, 0.15) is 0 Å². The molecule has 0 spiro atoms. The molecule has 0 fully saturated rings. The zero-order valence-corrected chi connectivity index (χ0v) is 9.50. The van der Waals surface area contributed by atoms with Crippen LogP contribution in [0.2, 0.25) is 0 Å². The lowest BCUT2D eigenvalue weighted by Gasteiger charge is -2.34. The van der Waals surface area contributed by atoms with Crippen LogP contribution in [0, 0.1) is 5.92 Å². The second-order valence-electron chi connectivity index (χ2n) is 4.33. The molecule has 0 aliphatic heterocycles. The minimum Gasteiger partial charge on any atom is -0.159 e. The third-order valence-corrected chi connectivity index (χ3v) is 4.53. The van der Waals surface area contributed by atoms with Crippen molar-refractivity contribution >= 4 is 11.8 Å². The summed E-state index contributed by atoms with van der Waals surface area (Å²) in [4.78, 5) is 0. The van der Waals surface area contributed by atoms with Gasteiger partial charge in [-0.15, -0.1) is 0 Å². The Morgan fingerprint density at radius 3 is 2.58 bits per heavy atom. The van der Waals surface area contributed by atoms with Gasteiger partial charge >= 0.3 is 0 Å². The van der Waals surface area contributed by atoms with Crippen molar-refractivity contribution in [3.63, 3.8) is 0 Å². The fraction of sp³-hybridized carbons (Fsp3) is 0.818. The molecule has 70 valence electrons. The van der Waals surface area contributed by atoms with Crippen LogP contribution < -0.4 is 0 Å². The van der Waals surface area contributed by atoms with E-state index in [1.807, 2.05) is 11.8 Å². The van der Waals surface area contributed by atoms with E-state index in [4.69, 9.17) is 0 Å². The Bertz CT molecular complexity index is 179. The Hall–Kier alpha value is 0.0900. The predicted octanol–water partition coefficient (Wildman–Crippen LogP) is 3.87. The lowest BCUT2D eigenvalue weighted by atomic mass is 9.82. The number of thioether (sulfide) groups is 1. The van der Waals surface area contributed by atoms with Crippen LogP contribution in [-0.2, 0) is 0 Å². The first-order valence-corrected chi connectivity index (χ1v) is 5.99. The van der Waals surface area contributed by atoms with Crippen LogP contribution in [-0.4, -0.2) is 11.0 Å². The van der Waals surface area contributed by atoms with Gasteiger partial charge in [-0.1, -0.05) is 25.5 Å². The smallest absolute Gasteiger partial charge is 0.0132 e. The summed E-state index contributed by atoms with van der Waals surface area (Å²) in [6.07, 6.45) is 8.64. The molecular weight excluding hydrogens is 164 g/mol. The summed E-state index contributed by atoms with van der Waals surface area (Å²) in [6.45, 7) is 7.00. The fourth-order valence-corrected chi connectivity index (χ4v) is 2.31. The van der Waals surface area contributed by atoms with Gasteiger partial charge in [-0.3, -0.25) is 0 Å². The molecule has 1 rings (SSSR count). The van der Waals surface area contributed by atoms with Crippen molar-refractivity contribution in [1.29, 1.82) is 0 Å². The molecule has 1 aliphatic rings. The van der Waals surface area contributed by atoms with Crippen molar-refractivity contribution in [3.8, 4) is 0 Å². The van der Waals surface area contributed by atoms with E-state index in [-0.39, 0.29) is 0 Å². The zero-order chi connectivity index (χ0) is 9.19. The van der Waals surface area contributed by atoms with Crippen molar-refractivity contribution in [2.45, 2.75) is 44.8 Å². The van der Waals surface area contributed by atoms with Gasteiger partial charge < -0.3 is 0 Å². The van der Waals surface area contributed by atoms with Crippen LogP contribution in [0.25, 0.3) is 0 Å². The molecule has 0 radical (unpaired) electrons. The van der Waals surface area contributed by atoms with Crippen molar-refractivity contribution in [2.24, 2.45) is 5.92 Å². The minimum absolute atomic E-state index is 0.469. The third-order valence-electron chi connectivity index (χ3n) is 3.15. The van der Waals surface area contributed by atoms with Crippen LogP contribution in [0.15, 0.2) is 11.6 Å². The van der Waals surface area contributed by atoms with Gasteiger partial charge in [0.05, 0.1) is 0 Å². The van der Waals surface area contributed by atoms with Crippen molar-refractivity contribution in [1.82, 2.24) is 0 Å². The van der Waals surface area contributed by atoms with Crippen molar-refractivity contribution in [2.75, 3.05) is 6.26 Å². The van der Waals surface area contributed by atoms with E-state index >= 15 is 0 Å². The van der Waals surface area contributed by atoms with Crippen LogP contribution in [0.4, 0.5) is 0 Å². The molecule has 0 aromatic carbocycles. The minimum atomic E-state index is 0.469. The summed E-state index contributed by atoms with van der Waals surface area (Å²) in [7, 11) is 0. The number of hydrogen-bond donors (Lipinski definition) is 0. The monoisotopic (exact) mass is 184 g/mol. The Morgan fingerprint density at radius 1 is 1.50 bits per heavy atom. The Kier molecular flexibility index (Phi) is 3.28. The van der Waals surface area contributed by atoms with Crippen LogP contribution in [0.1, 0.15) is 40.0 Å². The zero-order valence-electron chi connectivity index (χ0n) is 8.68. The highest BCUT2D eigenvalue weighted by Gasteiger charge is 2.28. The average molecular weight is 184 g/mol. The van der Waals surface area contributed by atoms with Gasteiger partial charge in [0.25, 0.3) is 0 Å². The van der Waals surface area contributed by atoms with Gasteiger partial charge in [0, 0.05) is 4.75 Å². The Balaban J connectivity index is 2.56. The SMILES string of the molecule is CSC(C)(C)C1CC=C(C)CC1. The van der Waals surface area contributed by atoms with Crippen LogP contribution in [0.5, 0.6) is 0 Å². The maximum absolute atomic E-state index is 2.42. The van der Waals surface area contributed by atoms with E-state index in [0.717, 1.165) is 5.92 Å². The highest BCUT2D eigenvalue weighted by Crippen LogP contribution is 2.38. The van der Waals surface area contributed by atoms with Crippen molar-refractivity contribution in [3.05, 3.63) is 11.6 Å². The molecule has 1 heteroatoms. The largest absolute Gasteiger partial charge is 0.159 e. The molecule has 1 unspecified atom stereocenters. The topological polar surface area (TPSA) is 0 Å². The summed E-state index contributed by atoms with van der Waals surface area (Å²) in [5.74, 6) is 0.885.